The van der Waals surface area contributed by atoms with Gasteiger partial charge in [-0.2, -0.15) is 0 Å². The number of fused-ring (bicyclic) bond motifs is 3. The highest BCUT2D eigenvalue weighted by molar-refractivity contribution is 6.30. The predicted octanol–water partition coefficient (Wildman–Crippen LogP) is 24.3. The minimum Gasteiger partial charge on any atom is -0.505 e. The van der Waals surface area contributed by atoms with Crippen LogP contribution in [0.5, 0.6) is 5.75 Å². The summed E-state index contributed by atoms with van der Waals surface area (Å²) in [6, 6.07) is 70.2. The molecule has 0 saturated heterocycles. The van der Waals surface area contributed by atoms with Crippen molar-refractivity contribution in [3.8, 4) is 28.0 Å². The highest BCUT2D eigenvalue weighted by atomic mass is 16.3. The lowest BCUT2D eigenvalue weighted by Gasteiger charge is -2.32. The van der Waals surface area contributed by atoms with Crippen molar-refractivity contribution < 1.29 is 9.52 Å². The van der Waals surface area contributed by atoms with Crippen LogP contribution in [0.2, 0.25) is 0 Å². The molecule has 11 aromatic carbocycles. The second-order valence-electron chi connectivity index (χ2n) is 25.4. The summed E-state index contributed by atoms with van der Waals surface area (Å²) in [7, 11) is 0. The Balaban J connectivity index is 0.997. The number of aromatic hydroxyl groups is 1. The molecule has 1 atom stereocenters. The maximum Gasteiger partial charge on any atom is 0.159 e. The third kappa shape index (κ3) is 9.34. The smallest absolute Gasteiger partial charge is 0.159 e. The number of benzene rings is 11. The Morgan fingerprint density at radius 1 is 0.460 bits per heavy atom. The maximum absolute atomic E-state index is 13.3. The first kappa shape index (κ1) is 54.5. The number of hydrogen-bond donors (Lipinski definition) is 1. The monoisotopic (exact) mass is 1130 g/mol. The average Bonchev–Trinajstić information content (AvgIpc) is 1.20. The molecule has 87 heavy (non-hydrogen) atoms. The molecule has 430 valence electrons. The van der Waals surface area contributed by atoms with Gasteiger partial charge in [0.2, 0.25) is 0 Å². The van der Waals surface area contributed by atoms with Crippen molar-refractivity contribution in [3.05, 3.63) is 251 Å². The van der Waals surface area contributed by atoms with Gasteiger partial charge in [-0.1, -0.05) is 204 Å². The second kappa shape index (κ2) is 22.3. The van der Waals surface area contributed by atoms with E-state index in [0.717, 1.165) is 122 Å². The average molecular weight is 1130 g/mol. The van der Waals surface area contributed by atoms with Gasteiger partial charge in [0, 0.05) is 44.0 Å². The number of hydrogen-bond acceptors (Lipinski definition) is 4. The summed E-state index contributed by atoms with van der Waals surface area (Å²) in [5.41, 5.74) is 23.6. The van der Waals surface area contributed by atoms with E-state index >= 15 is 0 Å². The van der Waals surface area contributed by atoms with Gasteiger partial charge in [0.15, 0.2) is 5.58 Å². The van der Waals surface area contributed by atoms with Crippen molar-refractivity contribution in [2.75, 3.05) is 9.80 Å². The summed E-state index contributed by atoms with van der Waals surface area (Å²) in [6.45, 7) is 13.4. The van der Waals surface area contributed by atoms with Crippen molar-refractivity contribution in [1.29, 1.82) is 0 Å². The topological polar surface area (TPSA) is 39.9 Å². The van der Waals surface area contributed by atoms with Crippen LogP contribution in [0.1, 0.15) is 131 Å². The molecule has 0 amide bonds. The summed E-state index contributed by atoms with van der Waals surface area (Å²) < 4.78 is 7.41. The van der Waals surface area contributed by atoms with E-state index in [1.807, 2.05) is 0 Å². The van der Waals surface area contributed by atoms with E-state index in [1.165, 1.54) is 103 Å². The summed E-state index contributed by atoms with van der Waals surface area (Å²) in [6.07, 6.45) is 18.4. The lowest BCUT2D eigenvalue weighted by atomic mass is 9.82. The van der Waals surface area contributed by atoms with Crippen LogP contribution in [0.4, 0.5) is 34.1 Å². The number of para-hydroxylation sites is 3. The minimum absolute atomic E-state index is 0.260. The summed E-state index contributed by atoms with van der Waals surface area (Å²) in [4.78, 5) is 4.91. The molecule has 2 saturated carbocycles. The maximum atomic E-state index is 13.3. The first-order valence-electron chi connectivity index (χ1n) is 32.2. The van der Waals surface area contributed by atoms with Gasteiger partial charge in [0.05, 0.1) is 22.7 Å². The van der Waals surface area contributed by atoms with Crippen molar-refractivity contribution in [2.24, 2.45) is 5.92 Å². The molecule has 0 bridgehead atoms. The molecule has 3 aliphatic carbocycles. The van der Waals surface area contributed by atoms with Crippen LogP contribution in [0.15, 0.2) is 222 Å². The van der Waals surface area contributed by atoms with Gasteiger partial charge in [-0.25, -0.2) is 0 Å². The Morgan fingerprint density at radius 2 is 0.989 bits per heavy atom. The summed E-state index contributed by atoms with van der Waals surface area (Å²) in [5.74, 6) is 1.44. The number of furan rings is 1. The van der Waals surface area contributed by atoms with Gasteiger partial charge >= 0.3 is 0 Å². The van der Waals surface area contributed by atoms with Gasteiger partial charge < -0.3 is 19.3 Å². The first-order chi connectivity index (χ1) is 42.6. The van der Waals surface area contributed by atoms with Crippen LogP contribution >= 0.6 is 0 Å². The predicted molar refractivity (Wildman–Crippen MR) is 370 cm³/mol. The molecule has 1 aromatic heterocycles. The Labute approximate surface area is 512 Å². The van der Waals surface area contributed by atoms with Crippen LogP contribution in [-0.4, -0.2) is 5.11 Å². The van der Waals surface area contributed by atoms with Gasteiger partial charge in [0.1, 0.15) is 11.3 Å². The van der Waals surface area contributed by atoms with Crippen LogP contribution in [0.3, 0.4) is 0 Å². The molecule has 15 rings (SSSR count). The van der Waals surface area contributed by atoms with Crippen LogP contribution < -0.4 is 9.80 Å². The summed E-state index contributed by atoms with van der Waals surface area (Å²) >= 11 is 0. The third-order valence-electron chi connectivity index (χ3n) is 20.1. The number of allylic oxidation sites excluding steroid dienone is 6. The standard InChI is InChI=1S/C83H76N2O2/c1-7-55-23-13-14-32-63(55)67-34-18-35-68-69-36-20-38-76(83(69)87-82(67)68)85(62-31-16-22-52(4)46-62)78-50-74(58-26-11-12-27-58)66-41-43-70-77(49-73(57-24-9-10-25-57)65-42-44-71(78)80(66)79(65)70)84(61-30-15-21-51(3)45-61)75-37-19-33-64(81(75)86)59-28-17-29-60(48-59)72-47-54(6)53(5)39-40-56(72)8-2/h13-23,28-50,53,57-58,86H,7-12,24-27H2,1-6H3. The summed E-state index contributed by atoms with van der Waals surface area (Å²) in [5, 5.41) is 23.2. The minimum atomic E-state index is 0.260. The SMILES string of the molecule is CCC1=C(c2cccc(-c3cccc(N(c4cccc(C)c4)c4cc(C5CCCC5)c5ccc6c(N(c7cccc(C)c7)c7cccc8c7oc7c(-c9ccccc9CC)cccc78)cc(C7CCCC7)c7ccc4c5c76)c3O)c2)C=C(C)C(C)C=C1. The number of rotatable bonds is 13. The molecular weight excluding hydrogens is 1060 g/mol. The van der Waals surface area contributed by atoms with Crippen molar-refractivity contribution >= 4 is 94.0 Å². The van der Waals surface area contributed by atoms with Crippen molar-refractivity contribution in [2.45, 2.75) is 118 Å². The highest BCUT2D eigenvalue weighted by Gasteiger charge is 2.32. The fourth-order valence-corrected chi connectivity index (χ4v) is 15.5. The number of nitrogens with zero attached hydrogens (tertiary/aromatic N) is 2. The molecule has 12 aromatic rings. The number of aryl methyl sites for hydroxylation is 3. The first-order valence-corrected chi connectivity index (χ1v) is 32.2. The number of phenols is 1. The Bertz CT molecular complexity index is 4760. The Kier molecular flexibility index (Phi) is 14.0. The highest BCUT2D eigenvalue weighted by Crippen LogP contribution is 2.56. The molecule has 2 fully saturated rings. The van der Waals surface area contributed by atoms with E-state index in [4.69, 9.17) is 4.42 Å². The Hall–Kier alpha value is -9.12. The van der Waals surface area contributed by atoms with Crippen molar-refractivity contribution in [1.82, 2.24) is 0 Å². The van der Waals surface area contributed by atoms with Gasteiger partial charge in [-0.05, 0) is 209 Å². The number of phenolic OH excluding ortho intramolecular Hbond substituents is 1. The zero-order chi connectivity index (χ0) is 59.0. The lowest BCUT2D eigenvalue weighted by molar-refractivity contribution is 0.478. The largest absolute Gasteiger partial charge is 0.505 e. The second-order valence-corrected chi connectivity index (χ2v) is 25.4. The van der Waals surface area contributed by atoms with E-state index in [9.17, 15) is 5.11 Å². The molecule has 0 spiro atoms. The third-order valence-corrected chi connectivity index (χ3v) is 20.1. The molecule has 0 aliphatic heterocycles. The quantitative estimate of drug-likeness (QED) is 0.117. The van der Waals surface area contributed by atoms with Crippen LogP contribution in [-0.2, 0) is 6.42 Å². The molecule has 1 unspecified atom stereocenters. The molecule has 4 heteroatoms. The van der Waals surface area contributed by atoms with E-state index in [0.29, 0.717) is 17.8 Å². The van der Waals surface area contributed by atoms with Gasteiger partial charge in [-0.15, -0.1) is 0 Å². The van der Waals surface area contributed by atoms with Crippen LogP contribution in [0, 0.1) is 19.8 Å². The fourth-order valence-electron chi connectivity index (χ4n) is 15.5. The fraction of sp³-hybridized carbons (Fsp3) is 0.229. The normalized spacial score (nSPS) is 15.9. The molecule has 3 aliphatic rings. The van der Waals surface area contributed by atoms with Gasteiger partial charge in [0.25, 0.3) is 0 Å². The van der Waals surface area contributed by atoms with Gasteiger partial charge in [-0.3, -0.25) is 0 Å². The van der Waals surface area contributed by atoms with E-state index in [-0.39, 0.29) is 5.75 Å². The van der Waals surface area contributed by atoms with Crippen molar-refractivity contribution in [3.63, 3.8) is 0 Å². The molecule has 0 radical (unpaired) electrons. The number of anilines is 6. The molecule has 4 nitrogen and oxygen atoms in total. The zero-order valence-corrected chi connectivity index (χ0v) is 51.2. The van der Waals surface area contributed by atoms with E-state index < -0.39 is 0 Å². The van der Waals surface area contributed by atoms with E-state index in [2.05, 4.69) is 258 Å². The Morgan fingerprint density at radius 3 is 1.62 bits per heavy atom. The molecule has 1 heterocycles. The van der Waals surface area contributed by atoms with Crippen LogP contribution in [0.25, 0.3) is 82.1 Å². The zero-order valence-electron chi connectivity index (χ0n) is 51.2. The molecule has 1 N–H and O–H groups in total. The molecular formula is C83H76N2O2. The lowest BCUT2D eigenvalue weighted by Crippen LogP contribution is -2.14. The van der Waals surface area contributed by atoms with E-state index in [1.54, 1.807) is 0 Å².